The Labute approximate surface area is 197 Å². The molecule has 2 heteroatoms. The van der Waals surface area contributed by atoms with Gasteiger partial charge in [-0.25, -0.2) is 0 Å². The van der Waals surface area contributed by atoms with Gasteiger partial charge in [-0.2, -0.15) is 0 Å². The molecule has 0 aromatic carbocycles. The number of hydrogen-bond acceptors (Lipinski definition) is 2. The van der Waals surface area contributed by atoms with Crippen LogP contribution in [-0.2, 0) is 4.74 Å². The van der Waals surface area contributed by atoms with Gasteiger partial charge in [0.15, 0.2) is 0 Å². The fraction of sp³-hybridized carbons (Fsp3) is 1.00. The minimum atomic E-state index is -0.122. The van der Waals surface area contributed by atoms with Crippen LogP contribution in [0.4, 0.5) is 0 Å². The molecule has 0 radical (unpaired) electrons. The second kappa shape index (κ2) is 6.37. The Bertz CT molecular complexity index is 801. The molecule has 32 heavy (non-hydrogen) atoms. The number of ether oxygens (including phenoxy) is 1. The van der Waals surface area contributed by atoms with Gasteiger partial charge in [0.2, 0.25) is 0 Å². The molecular weight excluding hydrogens is 392 g/mol. The van der Waals surface area contributed by atoms with Crippen LogP contribution in [0.1, 0.15) is 113 Å². The zero-order valence-electron chi connectivity index (χ0n) is 22.1. The molecule has 1 heterocycles. The standard InChI is InChI=1S/C30H50O2/c1-25(2)14-16-30-17-15-28(6)19(23(30)24(25)32-18-30)8-9-21-27(5)12-11-22(31)26(3,4)20(27)10-13-29(21,28)7/h19-24,31H,8-18H2,1-7H3/t19-,20+,21+,22+,23-,24+,27+,28-,29-,30+/m1/s1. The third kappa shape index (κ3) is 2.41. The summed E-state index contributed by atoms with van der Waals surface area (Å²) >= 11 is 0. The van der Waals surface area contributed by atoms with Gasteiger partial charge in [-0.1, -0.05) is 48.5 Å². The van der Waals surface area contributed by atoms with Crippen molar-refractivity contribution in [1.29, 1.82) is 0 Å². The molecule has 0 amide bonds. The van der Waals surface area contributed by atoms with E-state index in [-0.39, 0.29) is 11.5 Å². The van der Waals surface area contributed by atoms with Gasteiger partial charge >= 0.3 is 0 Å². The molecule has 0 aromatic rings. The van der Waals surface area contributed by atoms with Crippen molar-refractivity contribution >= 4 is 0 Å². The molecule has 1 N–H and O–H groups in total. The highest BCUT2D eigenvalue weighted by Crippen LogP contribution is 2.78. The average Bonchev–Trinajstić information content (AvgIpc) is 3.05. The summed E-state index contributed by atoms with van der Waals surface area (Å²) in [5.74, 6) is 3.11. The highest BCUT2D eigenvalue weighted by atomic mass is 16.5. The van der Waals surface area contributed by atoms with Gasteiger partial charge in [-0.15, -0.1) is 0 Å². The molecule has 10 atom stereocenters. The van der Waals surface area contributed by atoms with E-state index in [2.05, 4.69) is 48.5 Å². The van der Waals surface area contributed by atoms with Gasteiger partial charge in [0.1, 0.15) is 0 Å². The van der Waals surface area contributed by atoms with Gasteiger partial charge in [-0.05, 0) is 120 Å². The predicted molar refractivity (Wildman–Crippen MR) is 130 cm³/mol. The summed E-state index contributed by atoms with van der Waals surface area (Å²) in [6.07, 6.45) is 13.7. The maximum atomic E-state index is 10.9. The molecular formula is C30H50O2. The van der Waals surface area contributed by atoms with Crippen LogP contribution in [0.15, 0.2) is 0 Å². The Balaban J connectivity index is 1.39. The van der Waals surface area contributed by atoms with Gasteiger partial charge in [0.05, 0.1) is 18.8 Å². The van der Waals surface area contributed by atoms with E-state index in [1.807, 2.05) is 0 Å². The van der Waals surface area contributed by atoms with E-state index in [1.165, 1.54) is 57.8 Å². The lowest BCUT2D eigenvalue weighted by Crippen LogP contribution is -2.67. The summed E-state index contributed by atoms with van der Waals surface area (Å²) in [5.41, 5.74) is 2.16. The van der Waals surface area contributed by atoms with Crippen LogP contribution in [0, 0.1) is 56.2 Å². The normalized spacial score (nSPS) is 60.0. The lowest BCUT2D eigenvalue weighted by Gasteiger charge is -2.73. The van der Waals surface area contributed by atoms with Crippen molar-refractivity contribution in [2.24, 2.45) is 56.2 Å². The van der Waals surface area contributed by atoms with Crippen LogP contribution < -0.4 is 0 Å². The van der Waals surface area contributed by atoms with Crippen LogP contribution in [0.25, 0.3) is 0 Å². The van der Waals surface area contributed by atoms with Crippen molar-refractivity contribution in [3.8, 4) is 0 Å². The van der Waals surface area contributed by atoms with E-state index >= 15 is 0 Å². The smallest absolute Gasteiger partial charge is 0.0663 e. The number of aliphatic hydroxyl groups is 1. The van der Waals surface area contributed by atoms with Crippen LogP contribution in [-0.4, -0.2) is 23.9 Å². The average molecular weight is 443 g/mol. The minimum absolute atomic E-state index is 0.0586. The maximum absolute atomic E-state index is 10.9. The van der Waals surface area contributed by atoms with Gasteiger partial charge in [0, 0.05) is 0 Å². The lowest BCUT2D eigenvalue weighted by atomic mass is 9.31. The quantitative estimate of drug-likeness (QED) is 0.428. The molecule has 2 nitrogen and oxygen atoms in total. The number of rotatable bonds is 0. The molecule has 6 rings (SSSR count). The molecule has 2 bridgehead atoms. The van der Waals surface area contributed by atoms with Crippen LogP contribution in [0.5, 0.6) is 0 Å². The molecule has 182 valence electrons. The molecule has 0 unspecified atom stereocenters. The first-order valence-corrected chi connectivity index (χ1v) is 14.1. The Morgan fingerprint density at radius 2 is 1.41 bits per heavy atom. The van der Waals surface area contributed by atoms with Crippen molar-refractivity contribution in [3.63, 3.8) is 0 Å². The molecule has 0 spiro atoms. The second-order valence-corrected chi connectivity index (χ2v) is 15.7. The molecule has 1 aliphatic heterocycles. The summed E-state index contributed by atoms with van der Waals surface area (Å²) in [5, 5.41) is 10.9. The first kappa shape index (κ1) is 22.4. The minimum Gasteiger partial charge on any atom is -0.393 e. The topological polar surface area (TPSA) is 29.5 Å². The van der Waals surface area contributed by atoms with Crippen LogP contribution >= 0.6 is 0 Å². The van der Waals surface area contributed by atoms with E-state index < -0.39 is 0 Å². The van der Waals surface area contributed by atoms with E-state index in [1.54, 1.807) is 0 Å². The van der Waals surface area contributed by atoms with Crippen LogP contribution in [0.2, 0.25) is 0 Å². The van der Waals surface area contributed by atoms with Gasteiger partial charge in [-0.3, -0.25) is 0 Å². The zero-order chi connectivity index (χ0) is 22.9. The molecule has 5 aliphatic carbocycles. The Kier molecular flexibility index (Phi) is 4.46. The van der Waals surface area contributed by atoms with Crippen molar-refractivity contribution in [3.05, 3.63) is 0 Å². The molecule has 5 saturated carbocycles. The largest absolute Gasteiger partial charge is 0.393 e. The van der Waals surface area contributed by atoms with E-state index in [9.17, 15) is 5.11 Å². The summed E-state index contributed by atoms with van der Waals surface area (Å²) in [6.45, 7) is 18.9. The molecule has 0 aromatic heterocycles. The summed E-state index contributed by atoms with van der Waals surface area (Å²) in [7, 11) is 0. The molecule has 6 fully saturated rings. The fourth-order valence-corrected chi connectivity index (χ4v) is 12.0. The first-order valence-electron chi connectivity index (χ1n) is 14.1. The Hall–Kier alpha value is -0.0800. The second-order valence-electron chi connectivity index (χ2n) is 15.7. The summed E-state index contributed by atoms with van der Waals surface area (Å²) in [4.78, 5) is 0. The van der Waals surface area contributed by atoms with Crippen molar-refractivity contribution < 1.29 is 9.84 Å². The lowest BCUT2D eigenvalue weighted by molar-refractivity contribution is -0.252. The number of fused-ring (bicyclic) bond motifs is 5. The maximum Gasteiger partial charge on any atom is 0.0663 e. The highest BCUT2D eigenvalue weighted by molar-refractivity contribution is 5.21. The third-order valence-corrected chi connectivity index (χ3v) is 14.1. The third-order valence-electron chi connectivity index (χ3n) is 14.1. The highest BCUT2D eigenvalue weighted by Gasteiger charge is 2.72. The van der Waals surface area contributed by atoms with Crippen molar-refractivity contribution in [1.82, 2.24) is 0 Å². The monoisotopic (exact) mass is 442 g/mol. The Morgan fingerprint density at radius 3 is 2.16 bits per heavy atom. The van der Waals surface area contributed by atoms with Gasteiger partial charge in [0.25, 0.3) is 0 Å². The SMILES string of the molecule is CC1(C)CC[C@@]23CC[C@]4(C)[C@H](CC[C@H]5[C@@]6(C)CC[C@H](O)C(C)(C)[C@@H]6CC[C@]54C)[C@@H]2[C@@H]1OC3. The predicted octanol–water partition coefficient (Wildman–Crippen LogP) is 7.24. The zero-order valence-corrected chi connectivity index (χ0v) is 22.1. The fourth-order valence-electron chi connectivity index (χ4n) is 12.0. The van der Waals surface area contributed by atoms with Gasteiger partial charge < -0.3 is 9.84 Å². The number of hydrogen-bond donors (Lipinski definition) is 1. The van der Waals surface area contributed by atoms with E-state index in [0.29, 0.717) is 39.1 Å². The van der Waals surface area contributed by atoms with Crippen molar-refractivity contribution in [2.75, 3.05) is 6.61 Å². The number of aliphatic hydroxyl groups excluding tert-OH is 1. The summed E-state index contributed by atoms with van der Waals surface area (Å²) in [6, 6.07) is 0. The van der Waals surface area contributed by atoms with Crippen LogP contribution in [0.3, 0.4) is 0 Å². The molecule has 1 saturated heterocycles. The van der Waals surface area contributed by atoms with E-state index in [0.717, 1.165) is 30.8 Å². The Morgan fingerprint density at radius 1 is 0.688 bits per heavy atom. The van der Waals surface area contributed by atoms with E-state index in [4.69, 9.17) is 4.74 Å². The summed E-state index contributed by atoms with van der Waals surface area (Å²) < 4.78 is 6.71. The molecule has 6 aliphatic rings. The first-order chi connectivity index (χ1) is 14.8. The van der Waals surface area contributed by atoms with Crippen molar-refractivity contribution in [2.45, 2.75) is 125 Å².